The van der Waals surface area contributed by atoms with E-state index in [0.29, 0.717) is 23.4 Å². The van der Waals surface area contributed by atoms with Crippen LogP contribution < -0.4 is 14.5 Å². The molecule has 0 saturated carbocycles. The molecule has 1 fully saturated rings. The van der Waals surface area contributed by atoms with E-state index in [9.17, 15) is 4.79 Å². The number of methoxy groups -OCH3 is 1. The average molecular weight is 441 g/mol. The molecule has 7 nitrogen and oxygen atoms in total. The molecule has 2 heterocycles. The van der Waals surface area contributed by atoms with Gasteiger partial charge >= 0.3 is 6.01 Å². The number of aromatic nitrogens is 2. The number of aryl methyl sites for hydroxylation is 1. The molecule has 3 aromatic rings. The highest BCUT2D eigenvalue weighted by molar-refractivity contribution is 6.31. The van der Waals surface area contributed by atoms with Crippen LogP contribution in [0.15, 0.2) is 47.0 Å². The molecule has 162 valence electrons. The van der Waals surface area contributed by atoms with E-state index in [1.165, 1.54) is 0 Å². The van der Waals surface area contributed by atoms with E-state index in [1.807, 2.05) is 54.3 Å². The number of rotatable bonds is 5. The third kappa shape index (κ3) is 4.51. The zero-order chi connectivity index (χ0) is 22.0. The summed E-state index contributed by atoms with van der Waals surface area (Å²) >= 11 is 6.14. The van der Waals surface area contributed by atoms with Crippen LogP contribution in [0.3, 0.4) is 0 Å². The van der Waals surface area contributed by atoms with Crippen LogP contribution in [0.4, 0.5) is 11.7 Å². The molecule has 0 aliphatic carbocycles. The molecule has 1 amide bonds. The van der Waals surface area contributed by atoms with E-state index in [1.54, 1.807) is 19.1 Å². The number of piperidine rings is 1. The topological polar surface area (TPSA) is 71.7 Å². The average Bonchev–Trinajstić information content (AvgIpc) is 3.30. The van der Waals surface area contributed by atoms with Crippen molar-refractivity contribution in [2.45, 2.75) is 19.8 Å². The van der Waals surface area contributed by atoms with Crippen LogP contribution in [0.1, 0.15) is 18.4 Å². The van der Waals surface area contributed by atoms with Gasteiger partial charge in [-0.15, -0.1) is 0 Å². The van der Waals surface area contributed by atoms with Crippen LogP contribution in [0.25, 0.3) is 11.4 Å². The fraction of sp³-hybridized carbons (Fsp3) is 0.348. The third-order valence-electron chi connectivity index (χ3n) is 5.67. The van der Waals surface area contributed by atoms with Crippen molar-refractivity contribution in [2.24, 2.45) is 5.92 Å². The number of anilines is 2. The largest absolute Gasteiger partial charge is 0.497 e. The van der Waals surface area contributed by atoms with Crippen molar-refractivity contribution in [1.29, 1.82) is 0 Å². The molecule has 1 aliphatic heterocycles. The van der Waals surface area contributed by atoms with Gasteiger partial charge in [0.15, 0.2) is 0 Å². The Kier molecular flexibility index (Phi) is 6.13. The summed E-state index contributed by atoms with van der Waals surface area (Å²) in [6.45, 7) is 3.28. The second kappa shape index (κ2) is 8.98. The van der Waals surface area contributed by atoms with E-state index in [0.717, 1.165) is 42.0 Å². The van der Waals surface area contributed by atoms with Gasteiger partial charge in [-0.2, -0.15) is 4.98 Å². The van der Waals surface area contributed by atoms with Crippen molar-refractivity contribution in [3.8, 4) is 17.1 Å². The fourth-order valence-corrected chi connectivity index (χ4v) is 4.06. The first-order valence-corrected chi connectivity index (χ1v) is 10.6. The SMILES string of the molecule is COc1ccc(-c2noc(N3CCCC(C(=O)N(C)c4cc(Cl)ccc4C)C3)n2)cc1. The van der Waals surface area contributed by atoms with Crippen molar-refractivity contribution in [2.75, 3.05) is 37.0 Å². The Bertz CT molecular complexity index is 1070. The smallest absolute Gasteiger partial charge is 0.324 e. The number of hydrogen-bond acceptors (Lipinski definition) is 6. The van der Waals surface area contributed by atoms with Crippen molar-refractivity contribution >= 4 is 29.2 Å². The Morgan fingerprint density at radius 1 is 1.26 bits per heavy atom. The number of benzene rings is 2. The second-order valence-corrected chi connectivity index (χ2v) is 8.18. The summed E-state index contributed by atoms with van der Waals surface area (Å²) in [5.74, 6) is 1.18. The zero-order valence-electron chi connectivity index (χ0n) is 17.8. The van der Waals surface area contributed by atoms with Crippen LogP contribution in [0.2, 0.25) is 5.02 Å². The summed E-state index contributed by atoms with van der Waals surface area (Å²) in [7, 11) is 3.43. The van der Waals surface area contributed by atoms with E-state index < -0.39 is 0 Å². The molecule has 1 aromatic heterocycles. The highest BCUT2D eigenvalue weighted by Gasteiger charge is 2.31. The lowest BCUT2D eigenvalue weighted by Crippen LogP contribution is -2.44. The van der Waals surface area contributed by atoms with E-state index in [2.05, 4.69) is 10.1 Å². The van der Waals surface area contributed by atoms with Crippen molar-refractivity contribution in [3.05, 3.63) is 53.1 Å². The van der Waals surface area contributed by atoms with E-state index in [-0.39, 0.29) is 11.8 Å². The predicted molar refractivity (Wildman–Crippen MR) is 121 cm³/mol. The van der Waals surface area contributed by atoms with Gasteiger partial charge in [0, 0.05) is 36.4 Å². The Balaban J connectivity index is 1.47. The van der Waals surface area contributed by atoms with Gasteiger partial charge in [-0.25, -0.2) is 0 Å². The number of carbonyl (C=O) groups excluding carboxylic acids is 1. The highest BCUT2D eigenvalue weighted by Crippen LogP contribution is 2.29. The van der Waals surface area contributed by atoms with Gasteiger partial charge in [-0.05, 0) is 61.7 Å². The minimum absolute atomic E-state index is 0.0601. The Hall–Kier alpha value is -3.06. The van der Waals surface area contributed by atoms with E-state index in [4.69, 9.17) is 20.9 Å². The lowest BCUT2D eigenvalue weighted by molar-refractivity contribution is -0.122. The number of amides is 1. The van der Waals surface area contributed by atoms with Gasteiger partial charge in [0.05, 0.1) is 13.0 Å². The molecular weight excluding hydrogens is 416 g/mol. The van der Waals surface area contributed by atoms with Crippen LogP contribution in [0, 0.1) is 12.8 Å². The first-order valence-electron chi connectivity index (χ1n) is 10.2. The Labute approximate surface area is 186 Å². The van der Waals surface area contributed by atoms with Gasteiger partial charge in [-0.3, -0.25) is 4.79 Å². The van der Waals surface area contributed by atoms with Crippen LogP contribution in [-0.2, 0) is 4.79 Å². The fourth-order valence-electron chi connectivity index (χ4n) is 3.89. The van der Waals surface area contributed by atoms with Crippen molar-refractivity contribution < 1.29 is 14.1 Å². The molecule has 0 bridgehead atoms. The van der Waals surface area contributed by atoms with Crippen LogP contribution in [0.5, 0.6) is 5.75 Å². The molecule has 4 rings (SSSR count). The lowest BCUT2D eigenvalue weighted by Gasteiger charge is -2.33. The quantitative estimate of drug-likeness (QED) is 0.578. The maximum atomic E-state index is 13.2. The number of hydrogen-bond donors (Lipinski definition) is 0. The van der Waals surface area contributed by atoms with Crippen LogP contribution in [-0.4, -0.2) is 43.3 Å². The first kappa shape index (κ1) is 21.2. The van der Waals surface area contributed by atoms with E-state index >= 15 is 0 Å². The molecule has 0 N–H and O–H groups in total. The molecule has 1 aliphatic rings. The summed E-state index contributed by atoms with van der Waals surface area (Å²) in [5, 5.41) is 4.73. The minimum Gasteiger partial charge on any atom is -0.497 e. The molecule has 1 atom stereocenters. The second-order valence-electron chi connectivity index (χ2n) is 7.74. The highest BCUT2D eigenvalue weighted by atomic mass is 35.5. The number of ether oxygens (including phenoxy) is 1. The zero-order valence-corrected chi connectivity index (χ0v) is 18.6. The first-order chi connectivity index (χ1) is 15.0. The maximum Gasteiger partial charge on any atom is 0.324 e. The molecule has 8 heteroatoms. The van der Waals surface area contributed by atoms with Gasteiger partial charge in [0.1, 0.15) is 5.75 Å². The van der Waals surface area contributed by atoms with Gasteiger partial charge in [0.25, 0.3) is 0 Å². The number of halogens is 1. The van der Waals surface area contributed by atoms with Gasteiger partial charge < -0.3 is 19.1 Å². The number of carbonyl (C=O) groups is 1. The summed E-state index contributed by atoms with van der Waals surface area (Å²) in [5.41, 5.74) is 2.68. The molecule has 0 radical (unpaired) electrons. The molecule has 0 spiro atoms. The monoisotopic (exact) mass is 440 g/mol. The molecule has 1 saturated heterocycles. The standard InChI is InChI=1S/C23H25ClN4O3/c1-15-6-9-18(24)13-20(15)27(2)22(29)17-5-4-12-28(14-17)23-25-21(26-31-23)16-7-10-19(30-3)11-8-16/h6-11,13,17H,4-5,12,14H2,1-3H3. The summed E-state index contributed by atoms with van der Waals surface area (Å²) in [6, 6.07) is 13.5. The normalized spacial score (nSPS) is 16.3. The summed E-state index contributed by atoms with van der Waals surface area (Å²) < 4.78 is 10.7. The number of nitrogens with zero attached hydrogens (tertiary/aromatic N) is 4. The Morgan fingerprint density at radius 2 is 2.03 bits per heavy atom. The summed E-state index contributed by atoms with van der Waals surface area (Å²) in [4.78, 5) is 21.4. The van der Waals surface area contributed by atoms with Gasteiger partial charge in [0.2, 0.25) is 11.7 Å². The maximum absolute atomic E-state index is 13.2. The molecule has 1 unspecified atom stereocenters. The van der Waals surface area contributed by atoms with Crippen molar-refractivity contribution in [1.82, 2.24) is 10.1 Å². The Morgan fingerprint density at radius 3 is 2.77 bits per heavy atom. The predicted octanol–water partition coefficient (Wildman–Crippen LogP) is 4.59. The lowest BCUT2D eigenvalue weighted by atomic mass is 9.96. The summed E-state index contributed by atoms with van der Waals surface area (Å²) in [6.07, 6.45) is 1.69. The van der Waals surface area contributed by atoms with Crippen molar-refractivity contribution in [3.63, 3.8) is 0 Å². The third-order valence-corrected chi connectivity index (χ3v) is 5.90. The molecular formula is C23H25ClN4O3. The van der Waals surface area contributed by atoms with Gasteiger partial charge in [-0.1, -0.05) is 22.8 Å². The minimum atomic E-state index is -0.159. The molecule has 2 aromatic carbocycles. The van der Waals surface area contributed by atoms with Crippen LogP contribution >= 0.6 is 11.6 Å². The molecule has 31 heavy (non-hydrogen) atoms.